The Morgan fingerprint density at radius 1 is 1.39 bits per heavy atom. The normalized spacial score (nSPS) is 13.8. The lowest BCUT2D eigenvalue weighted by atomic mass is 10.0. The van der Waals surface area contributed by atoms with Crippen LogP contribution in [0.4, 0.5) is 4.39 Å². The van der Waals surface area contributed by atoms with Gasteiger partial charge in [-0.05, 0) is 12.1 Å². The molecule has 0 fully saturated rings. The number of ether oxygens (including phenoxy) is 2. The average Bonchev–Trinajstić information content (AvgIpc) is 2.37. The Hall–Kier alpha value is -1.66. The fraction of sp³-hybridized carbons (Fsp3) is 0.417. The highest BCUT2D eigenvalue weighted by Gasteiger charge is 2.27. The third-order valence-corrected chi connectivity index (χ3v) is 2.50. The maximum atomic E-state index is 13.6. The molecule has 2 atom stereocenters. The first-order chi connectivity index (χ1) is 8.51. The summed E-state index contributed by atoms with van der Waals surface area (Å²) in [5.74, 6) is -1.31. The molecule has 100 valence electrons. The van der Waals surface area contributed by atoms with Crippen LogP contribution in [-0.4, -0.2) is 36.5 Å². The number of halogens is 1. The van der Waals surface area contributed by atoms with Crippen LogP contribution in [0.2, 0.25) is 0 Å². The molecule has 0 bridgehead atoms. The van der Waals surface area contributed by atoms with Crippen LogP contribution in [0.1, 0.15) is 18.1 Å². The molecule has 0 aliphatic carbocycles. The molecule has 2 unspecified atom stereocenters. The summed E-state index contributed by atoms with van der Waals surface area (Å²) in [6, 6.07) is 4.00. The fourth-order valence-corrected chi connectivity index (χ4v) is 1.54. The Kier molecular flexibility index (Phi) is 5.06. The number of carbonyl (C=O) groups excluding carboxylic acids is 1. The number of esters is 1. The summed E-state index contributed by atoms with van der Waals surface area (Å²) in [6.07, 6.45) is -3.47. The topological polar surface area (TPSA) is 76.0 Å². The third kappa shape index (κ3) is 3.18. The van der Waals surface area contributed by atoms with Gasteiger partial charge in [-0.25, -0.2) is 4.39 Å². The first-order valence-corrected chi connectivity index (χ1v) is 5.26. The van der Waals surface area contributed by atoms with Gasteiger partial charge in [0.15, 0.2) is 0 Å². The van der Waals surface area contributed by atoms with Crippen LogP contribution in [0.15, 0.2) is 18.2 Å². The minimum Gasteiger partial charge on any atom is -0.496 e. The lowest BCUT2D eigenvalue weighted by Gasteiger charge is -2.19. The summed E-state index contributed by atoms with van der Waals surface area (Å²) in [4.78, 5) is 11.0. The van der Waals surface area contributed by atoms with Crippen molar-refractivity contribution in [2.24, 2.45) is 0 Å². The molecule has 0 amide bonds. The Morgan fingerprint density at radius 2 is 2.06 bits per heavy atom. The van der Waals surface area contributed by atoms with Gasteiger partial charge in [-0.15, -0.1) is 0 Å². The summed E-state index contributed by atoms with van der Waals surface area (Å²) < 4.78 is 22.9. The molecule has 0 aromatic heterocycles. The first kappa shape index (κ1) is 14.4. The molecule has 5 nitrogen and oxygen atoms in total. The second kappa shape index (κ2) is 6.32. The predicted octanol–water partition coefficient (Wildman–Crippen LogP) is 0.792. The molecule has 6 heteroatoms. The largest absolute Gasteiger partial charge is 0.496 e. The highest BCUT2D eigenvalue weighted by molar-refractivity contribution is 5.69. The summed E-state index contributed by atoms with van der Waals surface area (Å²) in [5, 5.41) is 19.5. The number of aliphatic hydroxyl groups excluding tert-OH is 2. The predicted molar refractivity (Wildman–Crippen MR) is 60.6 cm³/mol. The van der Waals surface area contributed by atoms with Crippen LogP contribution in [0, 0.1) is 5.82 Å². The SMILES string of the molecule is COC(=O)CC(O)C(O)c1c(F)cccc1OC. The van der Waals surface area contributed by atoms with E-state index < -0.39 is 30.4 Å². The molecule has 18 heavy (non-hydrogen) atoms. The summed E-state index contributed by atoms with van der Waals surface area (Å²) in [7, 11) is 2.47. The standard InChI is InChI=1S/C12H15FO5/c1-17-9-5-3-4-7(13)11(9)12(16)8(14)6-10(15)18-2/h3-5,8,12,14,16H,6H2,1-2H3. The molecule has 0 heterocycles. The molecular weight excluding hydrogens is 243 g/mol. The first-order valence-electron chi connectivity index (χ1n) is 5.26. The molecule has 0 saturated heterocycles. The van der Waals surface area contributed by atoms with Crippen LogP contribution >= 0.6 is 0 Å². The molecule has 0 aliphatic rings. The van der Waals surface area contributed by atoms with Crippen molar-refractivity contribution in [1.82, 2.24) is 0 Å². The molecule has 0 aliphatic heterocycles. The zero-order valence-corrected chi connectivity index (χ0v) is 10.1. The summed E-state index contributed by atoms with van der Waals surface area (Å²) in [5.41, 5.74) is -0.184. The minimum atomic E-state index is -1.57. The molecular formula is C12H15FO5. The van der Waals surface area contributed by atoms with E-state index in [9.17, 15) is 19.4 Å². The minimum absolute atomic E-state index is 0.103. The van der Waals surface area contributed by atoms with Crippen molar-refractivity contribution in [2.75, 3.05) is 14.2 Å². The molecule has 1 aromatic rings. The van der Waals surface area contributed by atoms with Gasteiger partial charge in [-0.3, -0.25) is 4.79 Å². The van der Waals surface area contributed by atoms with Crippen molar-refractivity contribution in [3.8, 4) is 5.75 Å². The van der Waals surface area contributed by atoms with E-state index in [1.54, 1.807) is 0 Å². The maximum Gasteiger partial charge on any atom is 0.308 e. The average molecular weight is 258 g/mol. The van der Waals surface area contributed by atoms with Crippen LogP contribution in [-0.2, 0) is 9.53 Å². The van der Waals surface area contributed by atoms with Crippen molar-refractivity contribution >= 4 is 5.97 Å². The smallest absolute Gasteiger partial charge is 0.308 e. The van der Waals surface area contributed by atoms with Gasteiger partial charge in [0.1, 0.15) is 17.7 Å². The van der Waals surface area contributed by atoms with E-state index in [0.717, 1.165) is 13.2 Å². The van der Waals surface area contributed by atoms with Gasteiger partial charge >= 0.3 is 5.97 Å². The van der Waals surface area contributed by atoms with Gasteiger partial charge in [0.25, 0.3) is 0 Å². The molecule has 1 rings (SSSR count). The zero-order chi connectivity index (χ0) is 13.7. The molecule has 1 aromatic carbocycles. The van der Waals surface area contributed by atoms with E-state index >= 15 is 0 Å². The number of carbonyl (C=O) groups is 1. The van der Waals surface area contributed by atoms with Gasteiger partial charge in [0.05, 0.1) is 32.3 Å². The monoisotopic (exact) mass is 258 g/mol. The second-order valence-corrected chi connectivity index (χ2v) is 3.65. The number of hydrogen-bond acceptors (Lipinski definition) is 5. The van der Waals surface area contributed by atoms with Gasteiger partial charge in [0, 0.05) is 0 Å². The van der Waals surface area contributed by atoms with Crippen molar-refractivity contribution in [3.05, 3.63) is 29.6 Å². The quantitative estimate of drug-likeness (QED) is 0.764. The number of methoxy groups -OCH3 is 2. The Bertz CT molecular complexity index is 421. The van der Waals surface area contributed by atoms with Crippen molar-refractivity contribution in [2.45, 2.75) is 18.6 Å². The Morgan fingerprint density at radius 3 is 2.61 bits per heavy atom. The maximum absolute atomic E-state index is 13.6. The van der Waals surface area contributed by atoms with Gasteiger partial charge < -0.3 is 19.7 Å². The number of benzene rings is 1. The van der Waals surface area contributed by atoms with E-state index in [0.29, 0.717) is 0 Å². The van der Waals surface area contributed by atoms with Gasteiger partial charge in [-0.2, -0.15) is 0 Å². The third-order valence-electron chi connectivity index (χ3n) is 2.50. The van der Waals surface area contributed by atoms with E-state index in [1.807, 2.05) is 0 Å². The van der Waals surface area contributed by atoms with E-state index in [4.69, 9.17) is 4.74 Å². The van der Waals surface area contributed by atoms with Crippen LogP contribution in [0.25, 0.3) is 0 Å². The van der Waals surface area contributed by atoms with Crippen molar-refractivity contribution < 1.29 is 28.9 Å². The molecule has 0 radical (unpaired) electrons. The molecule has 2 N–H and O–H groups in total. The van der Waals surface area contributed by atoms with Crippen molar-refractivity contribution in [3.63, 3.8) is 0 Å². The fourth-order valence-electron chi connectivity index (χ4n) is 1.54. The number of hydrogen-bond donors (Lipinski definition) is 2. The lowest BCUT2D eigenvalue weighted by molar-refractivity contribution is -0.144. The molecule has 0 spiro atoms. The zero-order valence-electron chi connectivity index (χ0n) is 10.1. The van der Waals surface area contributed by atoms with E-state index in [2.05, 4.69) is 4.74 Å². The summed E-state index contributed by atoms with van der Waals surface area (Å²) in [6.45, 7) is 0. The lowest BCUT2D eigenvalue weighted by Crippen LogP contribution is -2.23. The van der Waals surface area contributed by atoms with Crippen LogP contribution < -0.4 is 4.74 Å². The number of aliphatic hydroxyl groups is 2. The van der Waals surface area contributed by atoms with E-state index in [-0.39, 0.29) is 11.3 Å². The van der Waals surface area contributed by atoms with E-state index in [1.165, 1.54) is 19.2 Å². The van der Waals surface area contributed by atoms with Gasteiger partial charge in [-0.1, -0.05) is 6.07 Å². The Labute approximate surface area is 104 Å². The number of rotatable bonds is 5. The second-order valence-electron chi connectivity index (χ2n) is 3.65. The molecule has 0 saturated carbocycles. The highest BCUT2D eigenvalue weighted by atomic mass is 19.1. The van der Waals surface area contributed by atoms with Gasteiger partial charge in [0.2, 0.25) is 0 Å². The van der Waals surface area contributed by atoms with Crippen molar-refractivity contribution in [1.29, 1.82) is 0 Å². The highest BCUT2D eigenvalue weighted by Crippen LogP contribution is 2.30. The van der Waals surface area contributed by atoms with Crippen LogP contribution in [0.3, 0.4) is 0 Å². The summed E-state index contributed by atoms with van der Waals surface area (Å²) >= 11 is 0. The Balaban J connectivity index is 2.95. The van der Waals surface area contributed by atoms with Crippen LogP contribution in [0.5, 0.6) is 5.75 Å².